The number of nitrogens with one attached hydrogen (secondary N) is 1. The number of hydrogen-bond donors (Lipinski definition) is 2. The summed E-state index contributed by atoms with van der Waals surface area (Å²) in [5, 5.41) is 1.07. The quantitative estimate of drug-likeness (QED) is 0.848. The van der Waals surface area contributed by atoms with E-state index in [-0.39, 0.29) is 12.4 Å². The summed E-state index contributed by atoms with van der Waals surface area (Å²) >= 11 is 3.46. The zero-order valence-electron chi connectivity index (χ0n) is 9.77. The Hall–Kier alpha value is -1.04. The van der Waals surface area contributed by atoms with Gasteiger partial charge in [0.2, 0.25) is 0 Å². The Bertz CT molecular complexity index is 556. The van der Waals surface area contributed by atoms with E-state index in [1.165, 1.54) is 7.11 Å². The molecular formula is C12H14BrClN2O2. The molecule has 1 heterocycles. The third-order valence-corrected chi connectivity index (χ3v) is 3.35. The molecule has 1 aromatic heterocycles. The molecule has 0 aliphatic carbocycles. The molecule has 0 fully saturated rings. The van der Waals surface area contributed by atoms with Crippen LogP contribution in [0.5, 0.6) is 0 Å². The molecule has 6 heteroatoms. The van der Waals surface area contributed by atoms with Gasteiger partial charge in [-0.25, -0.2) is 0 Å². The van der Waals surface area contributed by atoms with E-state index < -0.39 is 12.0 Å². The van der Waals surface area contributed by atoms with Crippen LogP contribution in [0.4, 0.5) is 0 Å². The van der Waals surface area contributed by atoms with Crippen LogP contribution in [0, 0.1) is 0 Å². The molecule has 0 spiro atoms. The molecule has 0 aliphatic rings. The standard InChI is InChI=1S/C12H13BrN2O2.ClH/c1-17-12(16)10(14)5-7-6-15-11-8(7)3-2-4-9(11)13;/h2-4,6,10,15H,5,14H2,1H3;1H. The number of para-hydroxylation sites is 1. The zero-order valence-corrected chi connectivity index (χ0v) is 12.2. The lowest BCUT2D eigenvalue weighted by molar-refractivity contribution is -0.142. The zero-order chi connectivity index (χ0) is 12.4. The maximum absolute atomic E-state index is 11.3. The fourth-order valence-electron chi connectivity index (χ4n) is 1.82. The number of esters is 1. The average molecular weight is 334 g/mol. The van der Waals surface area contributed by atoms with Crippen LogP contribution in [0.15, 0.2) is 28.9 Å². The van der Waals surface area contributed by atoms with Crippen molar-refractivity contribution in [2.75, 3.05) is 7.11 Å². The molecule has 3 N–H and O–H groups in total. The van der Waals surface area contributed by atoms with Crippen molar-refractivity contribution in [3.05, 3.63) is 34.4 Å². The Kier molecular flexibility index (Phi) is 5.19. The van der Waals surface area contributed by atoms with Crippen molar-refractivity contribution in [1.82, 2.24) is 4.98 Å². The van der Waals surface area contributed by atoms with Gasteiger partial charge in [0.05, 0.1) is 12.6 Å². The Balaban J connectivity index is 0.00000162. The Morgan fingerprint density at radius 3 is 2.94 bits per heavy atom. The Morgan fingerprint density at radius 1 is 1.56 bits per heavy atom. The summed E-state index contributed by atoms with van der Waals surface area (Å²) in [6.45, 7) is 0. The van der Waals surface area contributed by atoms with Crippen molar-refractivity contribution in [1.29, 1.82) is 0 Å². The van der Waals surface area contributed by atoms with E-state index in [4.69, 9.17) is 5.73 Å². The molecule has 0 saturated carbocycles. The van der Waals surface area contributed by atoms with Crippen LogP contribution < -0.4 is 5.73 Å². The number of fused-ring (bicyclic) bond motifs is 1. The lowest BCUT2D eigenvalue weighted by atomic mass is 10.1. The van der Waals surface area contributed by atoms with Gasteiger partial charge in [0.15, 0.2) is 0 Å². The number of benzene rings is 1. The number of nitrogens with two attached hydrogens (primary N) is 1. The first-order chi connectivity index (χ1) is 8.13. The predicted octanol–water partition coefficient (Wildman–Crippen LogP) is 2.40. The van der Waals surface area contributed by atoms with Gasteiger partial charge in [-0.3, -0.25) is 4.79 Å². The van der Waals surface area contributed by atoms with Gasteiger partial charge in [0.25, 0.3) is 0 Å². The number of halogens is 2. The van der Waals surface area contributed by atoms with E-state index in [0.29, 0.717) is 6.42 Å². The molecule has 0 saturated heterocycles. The Morgan fingerprint density at radius 2 is 2.28 bits per heavy atom. The highest BCUT2D eigenvalue weighted by molar-refractivity contribution is 9.10. The van der Waals surface area contributed by atoms with Crippen LogP contribution in [0.3, 0.4) is 0 Å². The Labute approximate surface area is 119 Å². The molecule has 0 radical (unpaired) electrons. The average Bonchev–Trinajstić information content (AvgIpc) is 2.73. The molecular weight excluding hydrogens is 320 g/mol. The third kappa shape index (κ3) is 2.85. The van der Waals surface area contributed by atoms with Gasteiger partial charge in [-0.05, 0) is 27.6 Å². The molecule has 2 aromatic rings. The van der Waals surface area contributed by atoms with Gasteiger partial charge in [0, 0.05) is 22.5 Å². The highest BCUT2D eigenvalue weighted by Gasteiger charge is 2.16. The van der Waals surface area contributed by atoms with E-state index in [2.05, 4.69) is 25.7 Å². The first-order valence-electron chi connectivity index (χ1n) is 5.21. The molecule has 0 bridgehead atoms. The largest absolute Gasteiger partial charge is 0.468 e. The number of methoxy groups -OCH3 is 1. The van der Waals surface area contributed by atoms with Gasteiger partial charge in [-0.15, -0.1) is 12.4 Å². The number of aromatic nitrogens is 1. The highest BCUT2D eigenvalue weighted by atomic mass is 79.9. The molecule has 1 unspecified atom stereocenters. The molecule has 98 valence electrons. The van der Waals surface area contributed by atoms with Crippen molar-refractivity contribution in [2.24, 2.45) is 5.73 Å². The van der Waals surface area contributed by atoms with Gasteiger partial charge in [0.1, 0.15) is 6.04 Å². The molecule has 0 aliphatic heterocycles. The summed E-state index contributed by atoms with van der Waals surface area (Å²) in [6, 6.07) is 5.28. The van der Waals surface area contributed by atoms with E-state index in [0.717, 1.165) is 20.9 Å². The first-order valence-corrected chi connectivity index (χ1v) is 6.00. The van der Waals surface area contributed by atoms with Crippen LogP contribution in [-0.2, 0) is 16.0 Å². The lowest BCUT2D eigenvalue weighted by Crippen LogP contribution is -2.33. The smallest absolute Gasteiger partial charge is 0.322 e. The van der Waals surface area contributed by atoms with Crippen LogP contribution in [-0.4, -0.2) is 24.1 Å². The monoisotopic (exact) mass is 332 g/mol. The van der Waals surface area contributed by atoms with Gasteiger partial charge < -0.3 is 15.5 Å². The van der Waals surface area contributed by atoms with E-state index in [9.17, 15) is 4.79 Å². The number of ether oxygens (including phenoxy) is 1. The van der Waals surface area contributed by atoms with Crippen molar-refractivity contribution in [2.45, 2.75) is 12.5 Å². The fraction of sp³-hybridized carbons (Fsp3) is 0.250. The van der Waals surface area contributed by atoms with Gasteiger partial charge in [-0.2, -0.15) is 0 Å². The number of aromatic amines is 1. The molecule has 4 nitrogen and oxygen atoms in total. The first kappa shape index (κ1) is 15.0. The van der Waals surface area contributed by atoms with Crippen LogP contribution >= 0.6 is 28.3 Å². The van der Waals surface area contributed by atoms with Crippen molar-refractivity contribution in [3.63, 3.8) is 0 Å². The van der Waals surface area contributed by atoms with Gasteiger partial charge in [-0.1, -0.05) is 12.1 Å². The minimum absolute atomic E-state index is 0. The van der Waals surface area contributed by atoms with E-state index in [1.54, 1.807) is 0 Å². The van der Waals surface area contributed by atoms with Crippen LogP contribution in [0.25, 0.3) is 10.9 Å². The van der Waals surface area contributed by atoms with Crippen LogP contribution in [0.1, 0.15) is 5.56 Å². The summed E-state index contributed by atoms with van der Waals surface area (Å²) in [5.41, 5.74) is 7.77. The topological polar surface area (TPSA) is 68.1 Å². The minimum atomic E-state index is -0.627. The van der Waals surface area contributed by atoms with Crippen LogP contribution in [0.2, 0.25) is 0 Å². The molecule has 1 aromatic carbocycles. The second kappa shape index (κ2) is 6.22. The van der Waals surface area contributed by atoms with Crippen molar-refractivity contribution < 1.29 is 9.53 Å². The highest BCUT2D eigenvalue weighted by Crippen LogP contribution is 2.26. The second-order valence-corrected chi connectivity index (χ2v) is 4.66. The van der Waals surface area contributed by atoms with Gasteiger partial charge >= 0.3 is 5.97 Å². The maximum Gasteiger partial charge on any atom is 0.322 e. The number of hydrogen-bond acceptors (Lipinski definition) is 3. The van der Waals surface area contributed by atoms with Crippen molar-refractivity contribution in [3.8, 4) is 0 Å². The number of carbonyl (C=O) groups excluding carboxylic acids is 1. The summed E-state index contributed by atoms with van der Waals surface area (Å²) in [7, 11) is 1.34. The maximum atomic E-state index is 11.3. The van der Waals surface area contributed by atoms with Crippen molar-refractivity contribution >= 4 is 45.2 Å². The predicted molar refractivity (Wildman–Crippen MR) is 76.9 cm³/mol. The van der Waals surface area contributed by atoms with E-state index >= 15 is 0 Å². The lowest BCUT2D eigenvalue weighted by Gasteiger charge is -2.08. The summed E-state index contributed by atoms with van der Waals surface area (Å²) in [6.07, 6.45) is 2.33. The number of carbonyl (C=O) groups is 1. The molecule has 2 rings (SSSR count). The summed E-state index contributed by atoms with van der Waals surface area (Å²) in [4.78, 5) is 14.4. The molecule has 1 atom stereocenters. The third-order valence-electron chi connectivity index (χ3n) is 2.69. The normalized spacial score (nSPS) is 11.9. The summed E-state index contributed by atoms with van der Waals surface area (Å²) in [5.74, 6) is -0.394. The van der Waals surface area contributed by atoms with E-state index in [1.807, 2.05) is 24.4 Å². The SMILES string of the molecule is COC(=O)C(N)Cc1c[nH]c2c(Br)cccc12.Cl. The molecule has 0 amide bonds. The second-order valence-electron chi connectivity index (χ2n) is 3.81. The number of rotatable bonds is 3. The molecule has 18 heavy (non-hydrogen) atoms. The summed E-state index contributed by atoms with van der Waals surface area (Å²) < 4.78 is 5.61. The fourth-order valence-corrected chi connectivity index (χ4v) is 2.30. The minimum Gasteiger partial charge on any atom is -0.468 e. The number of H-pyrrole nitrogens is 1.